The monoisotopic (exact) mass is 313 g/mol. The van der Waals surface area contributed by atoms with Crippen molar-refractivity contribution in [1.82, 2.24) is 5.32 Å². The lowest BCUT2D eigenvalue weighted by atomic mass is 10.1. The maximum atomic E-state index is 12.0. The van der Waals surface area contributed by atoms with E-state index in [1.54, 1.807) is 18.2 Å². The molecule has 1 N–H and O–H groups in total. The van der Waals surface area contributed by atoms with Gasteiger partial charge in [-0.05, 0) is 29.0 Å². The Labute approximate surface area is 111 Å². The van der Waals surface area contributed by atoms with Crippen LogP contribution in [0.15, 0.2) is 40.9 Å². The molecule has 0 aliphatic carbocycles. The number of carbonyl (C=O) groups is 1. The number of halogens is 3. The van der Waals surface area contributed by atoms with Gasteiger partial charge in [0.05, 0.1) is 6.54 Å². The molecular formula is C13H10BrF2NO. The van der Waals surface area contributed by atoms with Crippen LogP contribution in [0.2, 0.25) is 0 Å². The largest absolute Gasteiger partial charge is 0.346 e. The molecule has 2 nitrogen and oxygen atoms in total. The maximum absolute atomic E-state index is 12.0. The molecule has 0 radical (unpaired) electrons. The lowest BCUT2D eigenvalue weighted by molar-refractivity contribution is 0.0892. The zero-order valence-electron chi connectivity index (χ0n) is 9.29. The summed E-state index contributed by atoms with van der Waals surface area (Å²) in [4.78, 5) is 11.6. The highest BCUT2D eigenvalue weighted by molar-refractivity contribution is 9.10. The number of carbonyl (C=O) groups excluding carboxylic acids is 1. The summed E-state index contributed by atoms with van der Waals surface area (Å²) in [5.41, 5.74) is 0.376. The van der Waals surface area contributed by atoms with Gasteiger partial charge in [0.1, 0.15) is 0 Å². The van der Waals surface area contributed by atoms with E-state index in [0.717, 1.165) is 15.2 Å². The molecule has 0 fully saturated rings. The molecule has 18 heavy (non-hydrogen) atoms. The van der Waals surface area contributed by atoms with Crippen LogP contribution < -0.4 is 5.32 Å². The fourth-order valence-electron chi connectivity index (χ4n) is 1.66. The Morgan fingerprint density at radius 1 is 1.28 bits per heavy atom. The van der Waals surface area contributed by atoms with Gasteiger partial charge in [-0.1, -0.05) is 34.1 Å². The van der Waals surface area contributed by atoms with E-state index in [1.165, 1.54) is 0 Å². The summed E-state index contributed by atoms with van der Waals surface area (Å²) in [5.74, 6) is -0.489. The second-order valence-electron chi connectivity index (χ2n) is 3.78. The Bertz CT molecular complexity index is 586. The summed E-state index contributed by atoms with van der Waals surface area (Å²) < 4.78 is 24.9. The van der Waals surface area contributed by atoms with Crippen LogP contribution in [-0.2, 0) is 0 Å². The first-order valence-corrected chi connectivity index (χ1v) is 6.12. The molecule has 0 saturated heterocycles. The van der Waals surface area contributed by atoms with Gasteiger partial charge >= 0.3 is 0 Å². The van der Waals surface area contributed by atoms with E-state index in [0.29, 0.717) is 5.56 Å². The SMILES string of the molecule is O=C(NCC(F)F)c1ccc2c(Br)cccc2c1. The highest BCUT2D eigenvalue weighted by Crippen LogP contribution is 2.24. The number of amides is 1. The minimum atomic E-state index is -2.54. The molecule has 1 amide bonds. The molecule has 0 aromatic heterocycles. The van der Waals surface area contributed by atoms with Crippen LogP contribution in [0.5, 0.6) is 0 Å². The summed E-state index contributed by atoms with van der Waals surface area (Å²) in [6, 6.07) is 10.7. The molecule has 0 spiro atoms. The lowest BCUT2D eigenvalue weighted by Crippen LogP contribution is -2.28. The van der Waals surface area contributed by atoms with Gasteiger partial charge in [-0.2, -0.15) is 0 Å². The molecule has 0 atom stereocenters. The third-order valence-corrected chi connectivity index (χ3v) is 3.20. The van der Waals surface area contributed by atoms with Crippen molar-refractivity contribution in [3.05, 3.63) is 46.4 Å². The Morgan fingerprint density at radius 3 is 2.78 bits per heavy atom. The van der Waals surface area contributed by atoms with Crippen LogP contribution in [0, 0.1) is 0 Å². The molecule has 2 rings (SSSR count). The number of nitrogens with one attached hydrogen (secondary N) is 1. The van der Waals surface area contributed by atoms with Crippen molar-refractivity contribution in [1.29, 1.82) is 0 Å². The summed E-state index contributed by atoms with van der Waals surface area (Å²) in [5, 5.41) is 4.04. The molecule has 2 aromatic carbocycles. The molecule has 0 aliphatic rings. The molecule has 0 unspecified atom stereocenters. The van der Waals surface area contributed by atoms with Crippen LogP contribution in [0.4, 0.5) is 8.78 Å². The standard InChI is InChI=1S/C13H10BrF2NO/c14-11-3-1-2-8-6-9(4-5-10(8)11)13(18)17-7-12(15)16/h1-6,12H,7H2,(H,17,18). The van der Waals surface area contributed by atoms with E-state index in [2.05, 4.69) is 21.2 Å². The molecular weight excluding hydrogens is 304 g/mol. The fraction of sp³-hybridized carbons (Fsp3) is 0.154. The zero-order valence-corrected chi connectivity index (χ0v) is 10.9. The van der Waals surface area contributed by atoms with Gasteiger partial charge in [0.2, 0.25) is 0 Å². The topological polar surface area (TPSA) is 29.1 Å². The van der Waals surface area contributed by atoms with Gasteiger partial charge < -0.3 is 5.32 Å². The maximum Gasteiger partial charge on any atom is 0.255 e. The normalized spacial score (nSPS) is 10.9. The van der Waals surface area contributed by atoms with Crippen molar-refractivity contribution in [2.24, 2.45) is 0 Å². The van der Waals surface area contributed by atoms with Crippen molar-refractivity contribution in [2.75, 3.05) is 6.54 Å². The minimum Gasteiger partial charge on any atom is -0.346 e. The molecule has 2 aromatic rings. The lowest BCUT2D eigenvalue weighted by Gasteiger charge is -2.06. The van der Waals surface area contributed by atoms with Crippen molar-refractivity contribution in [3.8, 4) is 0 Å². The summed E-state index contributed by atoms with van der Waals surface area (Å²) in [6.45, 7) is -0.630. The number of hydrogen-bond donors (Lipinski definition) is 1. The van der Waals surface area contributed by atoms with Gasteiger partial charge in [-0.3, -0.25) is 4.79 Å². The van der Waals surface area contributed by atoms with E-state index in [9.17, 15) is 13.6 Å². The van der Waals surface area contributed by atoms with E-state index >= 15 is 0 Å². The summed E-state index contributed by atoms with van der Waals surface area (Å²) in [6.07, 6.45) is -2.54. The highest BCUT2D eigenvalue weighted by atomic mass is 79.9. The van der Waals surface area contributed by atoms with E-state index in [4.69, 9.17) is 0 Å². The van der Waals surface area contributed by atoms with Crippen LogP contribution in [0.3, 0.4) is 0 Å². The van der Waals surface area contributed by atoms with Crippen molar-refractivity contribution in [2.45, 2.75) is 6.43 Å². The average Bonchev–Trinajstić information content (AvgIpc) is 2.35. The predicted molar refractivity (Wildman–Crippen MR) is 70.0 cm³/mol. The highest BCUT2D eigenvalue weighted by Gasteiger charge is 2.09. The predicted octanol–water partition coefficient (Wildman–Crippen LogP) is 3.60. The first-order valence-electron chi connectivity index (χ1n) is 5.32. The first-order chi connectivity index (χ1) is 8.58. The number of rotatable bonds is 3. The molecule has 0 bridgehead atoms. The van der Waals surface area contributed by atoms with E-state index in [1.807, 2.05) is 18.2 Å². The quantitative estimate of drug-likeness (QED) is 0.921. The number of alkyl halides is 2. The van der Waals surface area contributed by atoms with Crippen molar-refractivity contribution >= 4 is 32.6 Å². The van der Waals surface area contributed by atoms with Crippen LogP contribution in [0.1, 0.15) is 10.4 Å². The van der Waals surface area contributed by atoms with Crippen molar-refractivity contribution in [3.63, 3.8) is 0 Å². The number of fused-ring (bicyclic) bond motifs is 1. The van der Waals surface area contributed by atoms with Gasteiger partial charge in [-0.25, -0.2) is 8.78 Å². The third kappa shape index (κ3) is 2.85. The summed E-state index contributed by atoms with van der Waals surface area (Å²) in [7, 11) is 0. The van der Waals surface area contributed by atoms with Crippen LogP contribution in [0.25, 0.3) is 10.8 Å². The second kappa shape index (κ2) is 5.44. The Morgan fingerprint density at radius 2 is 2.06 bits per heavy atom. The van der Waals surface area contributed by atoms with Gasteiger partial charge in [0.15, 0.2) is 0 Å². The number of benzene rings is 2. The molecule has 0 heterocycles. The Balaban J connectivity index is 2.27. The Kier molecular flexibility index (Phi) is 3.91. The average molecular weight is 314 g/mol. The molecule has 0 aliphatic heterocycles. The van der Waals surface area contributed by atoms with E-state index < -0.39 is 18.9 Å². The fourth-order valence-corrected chi connectivity index (χ4v) is 2.17. The first kappa shape index (κ1) is 13.0. The van der Waals surface area contributed by atoms with Gasteiger partial charge in [0, 0.05) is 10.0 Å². The second-order valence-corrected chi connectivity index (χ2v) is 4.63. The van der Waals surface area contributed by atoms with Crippen LogP contribution >= 0.6 is 15.9 Å². The summed E-state index contributed by atoms with van der Waals surface area (Å²) >= 11 is 3.41. The molecule has 5 heteroatoms. The number of hydrogen-bond acceptors (Lipinski definition) is 1. The zero-order chi connectivity index (χ0) is 13.1. The van der Waals surface area contributed by atoms with Gasteiger partial charge in [0.25, 0.3) is 12.3 Å². The smallest absolute Gasteiger partial charge is 0.255 e. The third-order valence-electron chi connectivity index (χ3n) is 2.51. The molecule has 94 valence electrons. The van der Waals surface area contributed by atoms with Crippen LogP contribution in [-0.4, -0.2) is 18.9 Å². The van der Waals surface area contributed by atoms with Gasteiger partial charge in [-0.15, -0.1) is 0 Å². The van der Waals surface area contributed by atoms with E-state index in [-0.39, 0.29) is 0 Å². The molecule has 0 saturated carbocycles. The Hall–Kier alpha value is -1.49. The van der Waals surface area contributed by atoms with Crippen molar-refractivity contribution < 1.29 is 13.6 Å². The minimum absolute atomic E-state index is 0.376.